The van der Waals surface area contributed by atoms with Crippen molar-refractivity contribution in [1.29, 1.82) is 0 Å². The Morgan fingerprint density at radius 2 is 1.62 bits per heavy atom. The summed E-state index contributed by atoms with van der Waals surface area (Å²) in [5.74, 6) is 0.0873. The van der Waals surface area contributed by atoms with Gasteiger partial charge in [0.15, 0.2) is 0 Å². The van der Waals surface area contributed by atoms with Gasteiger partial charge in [-0.15, -0.1) is 0 Å². The third kappa shape index (κ3) is 4.49. The molecule has 1 atom stereocenters. The monoisotopic (exact) mass is 433 g/mol. The zero-order valence-electron chi connectivity index (χ0n) is 19.1. The summed E-state index contributed by atoms with van der Waals surface area (Å²) < 4.78 is 7.22. The molecular weight excluding hydrogens is 402 g/mol. The molecule has 0 saturated carbocycles. The Kier molecular flexibility index (Phi) is 6.49. The number of aryl methyl sites for hydroxylation is 2. The van der Waals surface area contributed by atoms with Crippen LogP contribution in [0.3, 0.4) is 0 Å². The number of carbonyl (C=O) groups excluding carboxylic acids is 2. The van der Waals surface area contributed by atoms with Crippen LogP contribution < -0.4 is 0 Å². The molecule has 2 amide bonds. The number of rotatable bonds is 5. The van der Waals surface area contributed by atoms with E-state index in [4.69, 9.17) is 4.74 Å². The molecule has 32 heavy (non-hydrogen) atoms. The predicted octanol–water partition coefficient (Wildman–Crippen LogP) is 4.31. The van der Waals surface area contributed by atoms with Crippen molar-refractivity contribution >= 4 is 22.9 Å². The van der Waals surface area contributed by atoms with Gasteiger partial charge in [0.05, 0.1) is 6.61 Å². The van der Waals surface area contributed by atoms with Crippen LogP contribution in [0, 0.1) is 6.92 Å². The van der Waals surface area contributed by atoms with Crippen LogP contribution in [0.5, 0.6) is 0 Å². The second kappa shape index (κ2) is 9.47. The number of carbonyl (C=O) groups is 2. The number of fused-ring (bicyclic) bond motifs is 1. The highest BCUT2D eigenvalue weighted by Gasteiger charge is 2.28. The zero-order valence-corrected chi connectivity index (χ0v) is 19.1. The summed E-state index contributed by atoms with van der Waals surface area (Å²) in [7, 11) is 2.05. The largest absolute Gasteiger partial charge is 0.450 e. The minimum atomic E-state index is -0.298. The van der Waals surface area contributed by atoms with Crippen LogP contribution in [0.1, 0.15) is 36.0 Å². The number of amides is 2. The average molecular weight is 434 g/mol. The van der Waals surface area contributed by atoms with Gasteiger partial charge in [0.25, 0.3) is 0 Å². The molecule has 0 radical (unpaired) electrons. The van der Waals surface area contributed by atoms with Gasteiger partial charge < -0.3 is 19.1 Å². The van der Waals surface area contributed by atoms with E-state index in [1.165, 1.54) is 16.5 Å². The van der Waals surface area contributed by atoms with Crippen LogP contribution in [-0.2, 0) is 16.6 Å². The molecule has 1 fully saturated rings. The maximum Gasteiger partial charge on any atom is 0.409 e. The first-order valence-corrected chi connectivity index (χ1v) is 11.3. The maximum absolute atomic E-state index is 13.4. The Labute approximate surface area is 189 Å². The zero-order chi connectivity index (χ0) is 22.7. The fourth-order valence-electron chi connectivity index (χ4n) is 4.51. The van der Waals surface area contributed by atoms with Crippen LogP contribution >= 0.6 is 0 Å². The summed E-state index contributed by atoms with van der Waals surface area (Å²) in [5.41, 5.74) is 4.68. The quantitative estimate of drug-likeness (QED) is 0.603. The van der Waals surface area contributed by atoms with Gasteiger partial charge in [-0.2, -0.15) is 0 Å². The number of hydrogen-bond donors (Lipinski definition) is 0. The van der Waals surface area contributed by atoms with Crippen LogP contribution in [0.4, 0.5) is 4.79 Å². The fraction of sp³-hybridized carbons (Fsp3) is 0.385. The van der Waals surface area contributed by atoms with Crippen molar-refractivity contribution in [3.63, 3.8) is 0 Å². The van der Waals surface area contributed by atoms with Gasteiger partial charge in [-0.1, -0.05) is 48.0 Å². The minimum absolute atomic E-state index is 0.0303. The van der Waals surface area contributed by atoms with E-state index < -0.39 is 0 Å². The molecule has 4 rings (SSSR count). The molecule has 1 aromatic heterocycles. The lowest BCUT2D eigenvalue weighted by Crippen LogP contribution is -2.50. The van der Waals surface area contributed by atoms with Crippen molar-refractivity contribution in [3.05, 3.63) is 71.4 Å². The lowest BCUT2D eigenvalue weighted by Gasteiger charge is -2.34. The Balaban J connectivity index is 1.57. The highest BCUT2D eigenvalue weighted by Crippen LogP contribution is 2.35. The van der Waals surface area contributed by atoms with Gasteiger partial charge in [0, 0.05) is 62.7 Å². The first kappa shape index (κ1) is 21.9. The average Bonchev–Trinajstić information content (AvgIpc) is 3.15. The first-order valence-electron chi connectivity index (χ1n) is 11.3. The number of aromatic nitrogens is 1. The van der Waals surface area contributed by atoms with Gasteiger partial charge in [-0.3, -0.25) is 4.79 Å². The molecule has 6 heteroatoms. The minimum Gasteiger partial charge on any atom is -0.450 e. The second-order valence-corrected chi connectivity index (χ2v) is 8.45. The van der Waals surface area contributed by atoms with E-state index in [-0.39, 0.29) is 17.9 Å². The van der Waals surface area contributed by atoms with Gasteiger partial charge in [-0.05, 0) is 31.0 Å². The van der Waals surface area contributed by atoms with Crippen LogP contribution in [0.2, 0.25) is 0 Å². The van der Waals surface area contributed by atoms with Crippen molar-refractivity contribution in [1.82, 2.24) is 14.4 Å². The molecular formula is C26H31N3O3. The summed E-state index contributed by atoms with van der Waals surface area (Å²) in [6.07, 6.45) is 2.25. The molecule has 1 aliphatic heterocycles. The molecule has 6 nitrogen and oxygen atoms in total. The number of nitrogens with zero attached hydrogens (tertiary/aromatic N) is 3. The highest BCUT2D eigenvalue weighted by atomic mass is 16.6. The van der Waals surface area contributed by atoms with Crippen molar-refractivity contribution in [2.24, 2.45) is 7.05 Å². The summed E-state index contributed by atoms with van der Waals surface area (Å²) in [4.78, 5) is 28.9. The van der Waals surface area contributed by atoms with Crippen LogP contribution in [-0.4, -0.2) is 59.2 Å². The van der Waals surface area contributed by atoms with Gasteiger partial charge in [0.2, 0.25) is 5.91 Å². The standard InChI is InChI=1S/C26H31N3O3/c1-4-32-26(31)29-15-13-28(14-16-29)25(30)17-22(20-11-9-19(2)10-12-20)23-18-27(3)24-8-6-5-7-21(23)24/h5-12,18,22H,4,13-17H2,1-3H3/t22-/m0/s1. The first-order chi connectivity index (χ1) is 15.5. The Morgan fingerprint density at radius 3 is 2.31 bits per heavy atom. The van der Waals surface area contributed by atoms with E-state index >= 15 is 0 Å². The van der Waals surface area contributed by atoms with E-state index in [1.807, 2.05) is 11.0 Å². The third-order valence-corrected chi connectivity index (χ3v) is 6.32. The molecule has 168 valence electrons. The van der Waals surface area contributed by atoms with Crippen molar-refractivity contribution in [3.8, 4) is 0 Å². The molecule has 2 heterocycles. The van der Waals surface area contributed by atoms with Crippen molar-refractivity contribution in [2.45, 2.75) is 26.2 Å². The SMILES string of the molecule is CCOC(=O)N1CCN(C(=O)C[C@@H](c2ccc(C)cc2)c2cn(C)c3ccccc23)CC1. The van der Waals surface area contributed by atoms with Gasteiger partial charge in [-0.25, -0.2) is 4.79 Å². The van der Waals surface area contributed by atoms with E-state index in [0.717, 1.165) is 11.1 Å². The molecule has 0 unspecified atom stereocenters. The van der Waals surface area contributed by atoms with Crippen LogP contribution in [0.15, 0.2) is 54.7 Å². The number of para-hydroxylation sites is 1. The Hall–Kier alpha value is -3.28. The summed E-state index contributed by atoms with van der Waals surface area (Å²) in [5, 5.41) is 1.18. The Bertz CT molecular complexity index is 1100. The number of ether oxygens (including phenoxy) is 1. The molecule has 0 bridgehead atoms. The number of hydrogen-bond acceptors (Lipinski definition) is 3. The van der Waals surface area contributed by atoms with E-state index in [1.54, 1.807) is 11.8 Å². The van der Waals surface area contributed by atoms with Gasteiger partial charge in [0.1, 0.15) is 0 Å². The summed E-state index contributed by atoms with van der Waals surface area (Å²) in [6, 6.07) is 16.8. The Morgan fingerprint density at radius 1 is 0.969 bits per heavy atom. The predicted molar refractivity (Wildman–Crippen MR) is 126 cm³/mol. The molecule has 0 aliphatic carbocycles. The lowest BCUT2D eigenvalue weighted by atomic mass is 9.87. The normalized spacial score (nSPS) is 15.1. The second-order valence-electron chi connectivity index (χ2n) is 8.45. The molecule has 2 aromatic carbocycles. The maximum atomic E-state index is 13.4. The molecule has 3 aromatic rings. The molecule has 1 saturated heterocycles. The summed E-state index contributed by atoms with van der Waals surface area (Å²) in [6.45, 7) is 6.33. The van der Waals surface area contributed by atoms with E-state index in [9.17, 15) is 9.59 Å². The number of benzene rings is 2. The number of piperazine rings is 1. The highest BCUT2D eigenvalue weighted by molar-refractivity contribution is 5.86. The fourth-order valence-corrected chi connectivity index (χ4v) is 4.51. The molecule has 0 N–H and O–H groups in total. The van der Waals surface area contributed by atoms with Gasteiger partial charge >= 0.3 is 6.09 Å². The summed E-state index contributed by atoms with van der Waals surface area (Å²) >= 11 is 0. The van der Waals surface area contributed by atoms with E-state index in [2.05, 4.69) is 67.2 Å². The third-order valence-electron chi connectivity index (χ3n) is 6.32. The van der Waals surface area contributed by atoms with Crippen molar-refractivity contribution in [2.75, 3.05) is 32.8 Å². The molecule has 0 spiro atoms. The smallest absolute Gasteiger partial charge is 0.409 e. The van der Waals surface area contributed by atoms with E-state index in [0.29, 0.717) is 39.2 Å². The van der Waals surface area contributed by atoms with Crippen LogP contribution in [0.25, 0.3) is 10.9 Å². The van der Waals surface area contributed by atoms with Crippen molar-refractivity contribution < 1.29 is 14.3 Å². The molecule has 1 aliphatic rings. The topological polar surface area (TPSA) is 54.8 Å². The lowest BCUT2D eigenvalue weighted by molar-refractivity contribution is -0.133.